The molecule has 0 atom stereocenters. The van der Waals surface area contributed by atoms with Crippen LogP contribution in [0.5, 0.6) is 0 Å². The maximum Gasteiger partial charge on any atom is 0.295 e. The van der Waals surface area contributed by atoms with Crippen molar-refractivity contribution in [1.29, 1.82) is 0 Å². The number of nitrogens with one attached hydrogen (secondary N) is 1. The van der Waals surface area contributed by atoms with Gasteiger partial charge in [-0.05, 0) is 43.3 Å². The van der Waals surface area contributed by atoms with Crippen molar-refractivity contribution in [2.24, 2.45) is 7.05 Å². The predicted molar refractivity (Wildman–Crippen MR) is 123 cm³/mol. The van der Waals surface area contributed by atoms with Gasteiger partial charge in [-0.2, -0.15) is 0 Å². The average Bonchev–Trinajstić information content (AvgIpc) is 3.22. The topological polar surface area (TPSA) is 86.0 Å². The van der Waals surface area contributed by atoms with Gasteiger partial charge in [-0.15, -0.1) is 0 Å². The average molecular weight is 495 g/mol. The molecule has 0 saturated carbocycles. The SMILES string of the molecule is Cc1c(Nc2nc(S(=O)(=O)c3ccc(Cl)cc3)c(Cl)s2)c(=O)n(-c2ccccc2)n1C. The van der Waals surface area contributed by atoms with Crippen LogP contribution in [-0.4, -0.2) is 22.8 Å². The first kappa shape index (κ1) is 21.6. The molecule has 1 N–H and O–H groups in total. The van der Waals surface area contributed by atoms with Crippen LogP contribution < -0.4 is 10.9 Å². The van der Waals surface area contributed by atoms with Gasteiger partial charge >= 0.3 is 0 Å². The Morgan fingerprint density at radius 1 is 1.03 bits per heavy atom. The van der Waals surface area contributed by atoms with Crippen molar-refractivity contribution >= 4 is 55.2 Å². The van der Waals surface area contributed by atoms with Gasteiger partial charge in [-0.3, -0.25) is 9.48 Å². The van der Waals surface area contributed by atoms with Crippen LogP contribution in [0.4, 0.5) is 10.8 Å². The molecule has 160 valence electrons. The van der Waals surface area contributed by atoms with Gasteiger partial charge in [-0.25, -0.2) is 18.1 Å². The van der Waals surface area contributed by atoms with Crippen molar-refractivity contribution in [3.63, 3.8) is 0 Å². The van der Waals surface area contributed by atoms with E-state index >= 15 is 0 Å². The fourth-order valence-electron chi connectivity index (χ4n) is 3.05. The summed E-state index contributed by atoms with van der Waals surface area (Å²) in [5.74, 6) is 0. The van der Waals surface area contributed by atoms with Crippen LogP contribution in [0.2, 0.25) is 9.36 Å². The van der Waals surface area contributed by atoms with Gasteiger partial charge in [0.2, 0.25) is 9.84 Å². The fraction of sp³-hybridized carbons (Fsp3) is 0.100. The molecular weight excluding hydrogens is 479 g/mol. The van der Waals surface area contributed by atoms with Crippen molar-refractivity contribution in [3.05, 3.63) is 80.0 Å². The Hall–Kier alpha value is -2.59. The quantitative estimate of drug-likeness (QED) is 0.429. The Bertz CT molecular complexity index is 1420. The van der Waals surface area contributed by atoms with E-state index < -0.39 is 9.84 Å². The largest absolute Gasteiger partial charge is 0.325 e. The van der Waals surface area contributed by atoms with E-state index in [1.807, 2.05) is 30.3 Å². The van der Waals surface area contributed by atoms with Gasteiger partial charge in [0.25, 0.3) is 5.56 Å². The van der Waals surface area contributed by atoms with Gasteiger partial charge in [0.1, 0.15) is 10.0 Å². The number of thiazole rings is 1. The van der Waals surface area contributed by atoms with E-state index in [0.717, 1.165) is 11.3 Å². The molecule has 0 fully saturated rings. The highest BCUT2D eigenvalue weighted by Crippen LogP contribution is 2.36. The lowest BCUT2D eigenvalue weighted by atomic mass is 10.3. The van der Waals surface area contributed by atoms with E-state index in [0.29, 0.717) is 16.4 Å². The predicted octanol–water partition coefficient (Wildman–Crippen LogP) is 4.82. The first-order chi connectivity index (χ1) is 14.7. The van der Waals surface area contributed by atoms with Crippen LogP contribution in [0.1, 0.15) is 5.69 Å². The van der Waals surface area contributed by atoms with Crippen LogP contribution in [0.25, 0.3) is 5.69 Å². The van der Waals surface area contributed by atoms with E-state index in [-0.39, 0.29) is 30.6 Å². The van der Waals surface area contributed by atoms with Crippen molar-refractivity contribution in [2.45, 2.75) is 16.8 Å². The van der Waals surface area contributed by atoms with Gasteiger partial charge in [0, 0.05) is 12.1 Å². The normalized spacial score (nSPS) is 11.6. The number of aromatic nitrogens is 3. The molecule has 0 radical (unpaired) electrons. The molecule has 0 aliphatic rings. The van der Waals surface area contributed by atoms with Gasteiger partial charge in [-0.1, -0.05) is 52.7 Å². The summed E-state index contributed by atoms with van der Waals surface area (Å²) in [4.78, 5) is 17.2. The molecule has 0 saturated heterocycles. The highest BCUT2D eigenvalue weighted by Gasteiger charge is 2.27. The standard InChI is InChI=1S/C20H16Cl2N4O3S2/c1-12-16(19(27)26(25(12)2)14-6-4-3-5-7-14)23-20-24-18(17(22)30-20)31(28,29)15-10-8-13(21)9-11-15/h3-11H,1-2H3,(H,23,24). The summed E-state index contributed by atoms with van der Waals surface area (Å²) < 4.78 is 29.1. The van der Waals surface area contributed by atoms with Crippen LogP contribution in [0.3, 0.4) is 0 Å². The molecule has 0 amide bonds. The zero-order valence-corrected chi connectivity index (χ0v) is 19.5. The minimum absolute atomic E-state index is 0.00517. The molecule has 4 rings (SSSR count). The fourth-order valence-corrected chi connectivity index (χ4v) is 5.99. The number of benzene rings is 2. The number of para-hydroxylation sites is 1. The smallest absolute Gasteiger partial charge is 0.295 e. The number of rotatable bonds is 5. The number of hydrogen-bond donors (Lipinski definition) is 1. The third-order valence-electron chi connectivity index (χ3n) is 4.72. The molecule has 2 heterocycles. The second kappa shape index (κ2) is 8.16. The van der Waals surface area contributed by atoms with Crippen LogP contribution in [0, 0.1) is 6.92 Å². The molecule has 0 bridgehead atoms. The number of anilines is 2. The Morgan fingerprint density at radius 3 is 2.32 bits per heavy atom. The van der Waals surface area contributed by atoms with E-state index in [1.54, 1.807) is 18.7 Å². The zero-order chi connectivity index (χ0) is 22.3. The molecule has 2 aromatic heterocycles. The van der Waals surface area contributed by atoms with Gasteiger partial charge in [0.05, 0.1) is 16.3 Å². The van der Waals surface area contributed by atoms with Gasteiger partial charge in [0.15, 0.2) is 10.2 Å². The van der Waals surface area contributed by atoms with E-state index in [2.05, 4.69) is 10.3 Å². The summed E-state index contributed by atoms with van der Waals surface area (Å²) in [6.07, 6.45) is 0. The highest BCUT2D eigenvalue weighted by atomic mass is 35.5. The molecule has 0 spiro atoms. The first-order valence-electron chi connectivity index (χ1n) is 8.98. The van der Waals surface area contributed by atoms with Crippen molar-refractivity contribution in [2.75, 3.05) is 5.32 Å². The molecular formula is C20H16Cl2N4O3S2. The molecule has 0 aliphatic carbocycles. The molecule has 7 nitrogen and oxygen atoms in total. The summed E-state index contributed by atoms with van der Waals surface area (Å²) in [5.41, 5.74) is 1.35. The molecule has 0 unspecified atom stereocenters. The Labute approximate surface area is 192 Å². The molecule has 11 heteroatoms. The maximum absolute atomic E-state index is 13.1. The Morgan fingerprint density at radius 2 is 1.68 bits per heavy atom. The monoisotopic (exact) mass is 494 g/mol. The zero-order valence-electron chi connectivity index (χ0n) is 16.3. The summed E-state index contributed by atoms with van der Waals surface area (Å²) in [5, 5.41) is 3.29. The lowest BCUT2D eigenvalue weighted by molar-refractivity contribution is 0.593. The summed E-state index contributed by atoms with van der Waals surface area (Å²) in [7, 11) is -2.18. The Balaban J connectivity index is 1.73. The minimum Gasteiger partial charge on any atom is -0.325 e. The summed E-state index contributed by atoms with van der Waals surface area (Å²) in [6, 6.07) is 14.9. The van der Waals surface area contributed by atoms with Crippen molar-refractivity contribution < 1.29 is 8.42 Å². The minimum atomic E-state index is -3.94. The second-order valence-corrected chi connectivity index (χ2v) is 10.5. The van der Waals surface area contributed by atoms with E-state index in [9.17, 15) is 13.2 Å². The molecule has 31 heavy (non-hydrogen) atoms. The maximum atomic E-state index is 13.1. The molecule has 2 aromatic carbocycles. The highest BCUT2D eigenvalue weighted by molar-refractivity contribution is 7.91. The summed E-state index contributed by atoms with van der Waals surface area (Å²) >= 11 is 13.0. The molecule has 0 aliphatic heterocycles. The summed E-state index contributed by atoms with van der Waals surface area (Å²) in [6.45, 7) is 1.78. The van der Waals surface area contributed by atoms with Gasteiger partial charge < -0.3 is 5.32 Å². The lowest BCUT2D eigenvalue weighted by Gasteiger charge is -2.07. The Kier molecular flexibility index (Phi) is 5.69. The van der Waals surface area contributed by atoms with E-state index in [1.165, 1.54) is 28.9 Å². The van der Waals surface area contributed by atoms with Crippen molar-refractivity contribution in [3.8, 4) is 5.69 Å². The third-order valence-corrected chi connectivity index (χ3v) is 8.08. The molecule has 4 aromatic rings. The number of sulfone groups is 1. The first-order valence-corrected chi connectivity index (χ1v) is 12.0. The van der Waals surface area contributed by atoms with Crippen LogP contribution in [0.15, 0.2) is 69.3 Å². The van der Waals surface area contributed by atoms with Crippen LogP contribution >= 0.6 is 34.5 Å². The number of hydrogen-bond acceptors (Lipinski definition) is 6. The van der Waals surface area contributed by atoms with E-state index in [4.69, 9.17) is 23.2 Å². The number of nitrogens with zero attached hydrogens (tertiary/aromatic N) is 3. The third kappa shape index (κ3) is 3.89. The lowest BCUT2D eigenvalue weighted by Crippen LogP contribution is -2.20. The second-order valence-electron chi connectivity index (χ2n) is 6.62. The van der Waals surface area contributed by atoms with Crippen LogP contribution in [-0.2, 0) is 16.9 Å². The number of halogens is 2. The van der Waals surface area contributed by atoms with Crippen molar-refractivity contribution in [1.82, 2.24) is 14.3 Å².